The molecule has 0 aliphatic heterocycles. The Labute approximate surface area is 113 Å². The Balaban J connectivity index is 0.00000225. The van der Waals surface area contributed by atoms with Gasteiger partial charge in [0.1, 0.15) is 5.82 Å². The molecule has 0 radical (unpaired) electrons. The second-order valence-corrected chi connectivity index (χ2v) is 3.28. The minimum Gasteiger partial charge on any atom is -0.359 e. The minimum absolute atomic E-state index is 0. The van der Waals surface area contributed by atoms with Crippen LogP contribution in [0.25, 0.3) is 0 Å². The molecule has 0 amide bonds. The van der Waals surface area contributed by atoms with Crippen LogP contribution in [0.1, 0.15) is 5.56 Å². The smallest absolute Gasteiger partial charge is 0.193 e. The van der Waals surface area contributed by atoms with Gasteiger partial charge in [0.15, 0.2) is 5.96 Å². The van der Waals surface area contributed by atoms with E-state index in [1.807, 2.05) is 25.1 Å². The lowest BCUT2D eigenvalue weighted by atomic mass is 10.2. The Morgan fingerprint density at radius 1 is 1.50 bits per heavy atom. The summed E-state index contributed by atoms with van der Waals surface area (Å²) >= 11 is 0. The number of benzene rings is 1. The van der Waals surface area contributed by atoms with Crippen LogP contribution >= 0.6 is 24.0 Å². The molecular weight excluding hydrogens is 320 g/mol. The number of guanidine groups is 1. The van der Waals surface area contributed by atoms with Gasteiger partial charge in [-0.1, -0.05) is 12.1 Å². The van der Waals surface area contributed by atoms with Crippen LogP contribution in [0.2, 0.25) is 0 Å². The summed E-state index contributed by atoms with van der Waals surface area (Å²) in [6.07, 6.45) is 0. The van der Waals surface area contributed by atoms with Crippen molar-refractivity contribution >= 4 is 29.9 Å². The van der Waals surface area contributed by atoms with Gasteiger partial charge in [-0.2, -0.15) is 0 Å². The maximum Gasteiger partial charge on any atom is 0.193 e. The molecule has 1 rings (SSSR count). The average Bonchev–Trinajstić information content (AvgIpc) is 2.19. The maximum absolute atomic E-state index is 12.9. The predicted molar refractivity (Wildman–Crippen MR) is 75.7 cm³/mol. The second-order valence-electron chi connectivity index (χ2n) is 3.28. The van der Waals surface area contributed by atoms with Crippen molar-refractivity contribution in [3.63, 3.8) is 0 Å². The number of nitrogens with zero attached hydrogens (tertiary/aromatic N) is 2. The van der Waals surface area contributed by atoms with Crippen LogP contribution < -0.4 is 5.32 Å². The first-order valence-corrected chi connectivity index (χ1v) is 4.77. The largest absolute Gasteiger partial charge is 0.359 e. The van der Waals surface area contributed by atoms with Gasteiger partial charge in [0.25, 0.3) is 0 Å². The Hall–Kier alpha value is -0.850. The summed E-state index contributed by atoms with van der Waals surface area (Å²) in [7, 11) is 5.43. The van der Waals surface area contributed by atoms with Crippen LogP contribution in [-0.4, -0.2) is 32.0 Å². The first kappa shape index (κ1) is 15.2. The molecule has 16 heavy (non-hydrogen) atoms. The lowest BCUT2D eigenvalue weighted by molar-refractivity contribution is 0.481. The van der Waals surface area contributed by atoms with Gasteiger partial charge in [0.2, 0.25) is 0 Å². The molecule has 1 aromatic rings. The molecular formula is C11H17FIN3. The fourth-order valence-corrected chi connectivity index (χ4v) is 1.46. The van der Waals surface area contributed by atoms with Gasteiger partial charge in [-0.3, -0.25) is 4.99 Å². The Kier molecular flexibility index (Phi) is 7.03. The van der Waals surface area contributed by atoms with Crippen molar-refractivity contribution in [2.75, 3.05) is 21.1 Å². The molecule has 0 aliphatic rings. The predicted octanol–water partition coefficient (Wildman–Crippen LogP) is 2.08. The van der Waals surface area contributed by atoms with Crippen molar-refractivity contribution in [1.29, 1.82) is 0 Å². The normalized spacial score (nSPS) is 10.6. The maximum atomic E-state index is 12.9. The fraction of sp³-hybridized carbons (Fsp3) is 0.364. The Morgan fingerprint density at radius 2 is 2.19 bits per heavy atom. The van der Waals surface area contributed by atoms with Crippen molar-refractivity contribution in [2.45, 2.75) is 6.54 Å². The zero-order valence-electron chi connectivity index (χ0n) is 9.70. The van der Waals surface area contributed by atoms with Gasteiger partial charge in [-0.05, 0) is 17.7 Å². The number of halogens is 2. The molecule has 0 spiro atoms. The molecule has 0 unspecified atom stereocenters. The van der Waals surface area contributed by atoms with Crippen molar-refractivity contribution in [3.05, 3.63) is 35.6 Å². The zero-order chi connectivity index (χ0) is 11.3. The fourth-order valence-electron chi connectivity index (χ4n) is 1.46. The Bertz CT molecular complexity index is 355. The number of nitrogens with one attached hydrogen (secondary N) is 1. The highest BCUT2D eigenvalue weighted by molar-refractivity contribution is 14.0. The molecule has 0 saturated heterocycles. The molecule has 0 fully saturated rings. The van der Waals surface area contributed by atoms with E-state index in [0.717, 1.165) is 11.5 Å². The standard InChI is InChI=1S/C11H16FN3.HI/c1-13-11(14-2)15(3)8-9-5-4-6-10(12)7-9;/h4-7H,8H2,1-3H3,(H,13,14);1H. The molecule has 0 saturated carbocycles. The van der Waals surface area contributed by atoms with Crippen LogP contribution in [0.5, 0.6) is 0 Å². The third kappa shape index (κ3) is 4.34. The van der Waals surface area contributed by atoms with E-state index >= 15 is 0 Å². The number of hydrogen-bond acceptors (Lipinski definition) is 1. The van der Waals surface area contributed by atoms with Crippen molar-refractivity contribution in [3.8, 4) is 0 Å². The molecule has 0 aromatic heterocycles. The summed E-state index contributed by atoms with van der Waals surface area (Å²) < 4.78 is 12.9. The van der Waals surface area contributed by atoms with E-state index < -0.39 is 0 Å². The first-order chi connectivity index (χ1) is 7.17. The summed E-state index contributed by atoms with van der Waals surface area (Å²) in [5.41, 5.74) is 0.925. The van der Waals surface area contributed by atoms with Crippen LogP contribution in [0.4, 0.5) is 4.39 Å². The van der Waals surface area contributed by atoms with E-state index in [-0.39, 0.29) is 29.8 Å². The number of rotatable bonds is 2. The molecule has 90 valence electrons. The second kappa shape index (κ2) is 7.43. The molecule has 0 aliphatic carbocycles. The third-order valence-electron chi connectivity index (χ3n) is 2.11. The van der Waals surface area contributed by atoms with Gasteiger partial charge >= 0.3 is 0 Å². The van der Waals surface area contributed by atoms with E-state index in [0.29, 0.717) is 6.54 Å². The lowest BCUT2D eigenvalue weighted by Gasteiger charge is -2.20. The number of hydrogen-bond donors (Lipinski definition) is 1. The summed E-state index contributed by atoms with van der Waals surface area (Å²) in [4.78, 5) is 5.99. The molecule has 5 heteroatoms. The van der Waals surface area contributed by atoms with Crippen LogP contribution in [-0.2, 0) is 6.54 Å². The van der Waals surface area contributed by atoms with Crippen molar-refractivity contribution in [1.82, 2.24) is 10.2 Å². The summed E-state index contributed by atoms with van der Waals surface area (Å²) in [6, 6.07) is 6.57. The highest BCUT2D eigenvalue weighted by Gasteiger charge is 2.04. The van der Waals surface area contributed by atoms with Crippen LogP contribution in [0.15, 0.2) is 29.3 Å². The van der Waals surface area contributed by atoms with Gasteiger partial charge in [-0.15, -0.1) is 24.0 Å². The van der Waals surface area contributed by atoms with E-state index in [1.165, 1.54) is 12.1 Å². The van der Waals surface area contributed by atoms with E-state index in [2.05, 4.69) is 10.3 Å². The lowest BCUT2D eigenvalue weighted by Crippen LogP contribution is -2.36. The zero-order valence-corrected chi connectivity index (χ0v) is 12.0. The van der Waals surface area contributed by atoms with Crippen LogP contribution in [0.3, 0.4) is 0 Å². The topological polar surface area (TPSA) is 27.6 Å². The molecule has 0 bridgehead atoms. The SMILES string of the molecule is CN=C(NC)N(C)Cc1cccc(F)c1.I. The molecule has 0 heterocycles. The average molecular weight is 337 g/mol. The molecule has 3 nitrogen and oxygen atoms in total. The van der Waals surface area contributed by atoms with E-state index in [9.17, 15) is 4.39 Å². The van der Waals surface area contributed by atoms with Crippen molar-refractivity contribution < 1.29 is 4.39 Å². The van der Waals surface area contributed by atoms with Gasteiger partial charge in [-0.25, -0.2) is 4.39 Å². The number of aliphatic imine (C=N–C) groups is 1. The van der Waals surface area contributed by atoms with Crippen molar-refractivity contribution in [2.24, 2.45) is 4.99 Å². The quantitative estimate of drug-likeness (QED) is 0.508. The summed E-state index contributed by atoms with van der Waals surface area (Å²) in [5, 5.41) is 2.97. The van der Waals surface area contributed by atoms with Gasteiger partial charge < -0.3 is 10.2 Å². The van der Waals surface area contributed by atoms with Gasteiger partial charge in [0.05, 0.1) is 0 Å². The highest BCUT2D eigenvalue weighted by atomic mass is 127. The van der Waals surface area contributed by atoms with Crippen LogP contribution in [0, 0.1) is 5.82 Å². The monoisotopic (exact) mass is 337 g/mol. The molecule has 0 atom stereocenters. The summed E-state index contributed by atoms with van der Waals surface area (Å²) in [6.45, 7) is 0.630. The highest BCUT2D eigenvalue weighted by Crippen LogP contribution is 2.06. The molecule has 1 aromatic carbocycles. The van der Waals surface area contributed by atoms with Gasteiger partial charge in [0, 0.05) is 27.7 Å². The van der Waals surface area contributed by atoms with E-state index in [1.54, 1.807) is 13.1 Å². The first-order valence-electron chi connectivity index (χ1n) is 4.77. The Morgan fingerprint density at radius 3 is 2.69 bits per heavy atom. The summed E-state index contributed by atoms with van der Waals surface area (Å²) in [5.74, 6) is 0.569. The molecule has 1 N–H and O–H groups in total. The van der Waals surface area contributed by atoms with E-state index in [4.69, 9.17) is 0 Å². The third-order valence-corrected chi connectivity index (χ3v) is 2.11. The minimum atomic E-state index is -0.208.